The lowest BCUT2D eigenvalue weighted by Crippen LogP contribution is -2.51. The van der Waals surface area contributed by atoms with Crippen molar-refractivity contribution in [2.75, 3.05) is 27.8 Å². The van der Waals surface area contributed by atoms with Crippen LogP contribution in [0, 0.1) is 29.6 Å². The number of benzene rings is 1. The Labute approximate surface area is 187 Å². The zero-order valence-electron chi connectivity index (χ0n) is 20.1. The van der Waals surface area contributed by atoms with Gasteiger partial charge in [0, 0.05) is 20.1 Å². The first kappa shape index (κ1) is 24.1. The minimum absolute atomic E-state index is 0.0293. The van der Waals surface area contributed by atoms with Gasteiger partial charge in [0.05, 0.1) is 11.7 Å². The molecule has 0 saturated heterocycles. The minimum atomic E-state index is -0.784. The number of ether oxygens (including phenoxy) is 4. The second-order valence-corrected chi connectivity index (χ2v) is 10.3. The van der Waals surface area contributed by atoms with Crippen molar-refractivity contribution in [2.45, 2.75) is 65.9 Å². The molecule has 4 atom stereocenters. The van der Waals surface area contributed by atoms with Crippen molar-refractivity contribution in [2.24, 2.45) is 22.7 Å². The largest absolute Gasteiger partial charge is 0.467 e. The Balaban J connectivity index is 2.09. The molecule has 0 bridgehead atoms. The maximum atomic E-state index is 11.9. The average molecular weight is 433 g/mol. The quantitative estimate of drug-likeness (QED) is 0.416. The molecule has 2 aliphatic carbocycles. The van der Waals surface area contributed by atoms with Gasteiger partial charge in [-0.25, -0.2) is 0 Å². The lowest BCUT2D eigenvalue weighted by Gasteiger charge is -2.58. The van der Waals surface area contributed by atoms with Crippen LogP contribution in [0.2, 0.25) is 0 Å². The summed E-state index contributed by atoms with van der Waals surface area (Å²) in [6.45, 7) is 13.8. The Bertz CT molecular complexity index is 757. The first-order valence-corrected chi connectivity index (χ1v) is 11.4. The Kier molecular flexibility index (Phi) is 7.39. The molecule has 2 aliphatic rings. The van der Waals surface area contributed by atoms with E-state index in [0.29, 0.717) is 23.0 Å². The molecule has 0 heterocycles. The lowest BCUT2D eigenvalue weighted by molar-refractivity contribution is -0.0905. The monoisotopic (exact) mass is 432 g/mol. The second kappa shape index (κ2) is 9.51. The first-order chi connectivity index (χ1) is 14.7. The zero-order chi connectivity index (χ0) is 22.8. The Morgan fingerprint density at radius 1 is 1.06 bits per heavy atom. The number of hydrogen-bond acceptors (Lipinski definition) is 5. The molecule has 0 amide bonds. The van der Waals surface area contributed by atoms with Gasteiger partial charge in [0.15, 0.2) is 13.6 Å². The number of aliphatic hydroxyl groups excluding tert-OH is 1. The van der Waals surface area contributed by atoms with Crippen LogP contribution in [0.15, 0.2) is 24.3 Å². The Hall–Kier alpha value is -1.56. The summed E-state index contributed by atoms with van der Waals surface area (Å²) in [6.07, 6.45) is 4.80. The van der Waals surface area contributed by atoms with Crippen LogP contribution in [0.1, 0.15) is 70.1 Å². The molecule has 3 rings (SSSR count). The third kappa shape index (κ3) is 4.64. The Morgan fingerprint density at radius 3 is 2.19 bits per heavy atom. The summed E-state index contributed by atoms with van der Waals surface area (Å²) in [5, 5.41) is 11.9. The van der Waals surface area contributed by atoms with Gasteiger partial charge in [-0.15, -0.1) is 0 Å². The predicted molar refractivity (Wildman–Crippen MR) is 122 cm³/mol. The molecule has 1 aromatic rings. The third-order valence-electron chi connectivity index (χ3n) is 7.70. The molecule has 5 heteroatoms. The van der Waals surface area contributed by atoms with Crippen molar-refractivity contribution in [3.63, 3.8) is 0 Å². The highest BCUT2D eigenvalue weighted by Crippen LogP contribution is 2.64. The van der Waals surface area contributed by atoms with Crippen LogP contribution in [0.3, 0.4) is 0 Å². The molecule has 0 radical (unpaired) electrons. The predicted octanol–water partition coefficient (Wildman–Crippen LogP) is 5.79. The van der Waals surface area contributed by atoms with Crippen LogP contribution in [0.4, 0.5) is 0 Å². The van der Waals surface area contributed by atoms with Gasteiger partial charge in [0.1, 0.15) is 11.5 Å². The molecule has 1 N–H and O–H groups in total. The highest BCUT2D eigenvalue weighted by atomic mass is 16.7. The summed E-state index contributed by atoms with van der Waals surface area (Å²) in [5.74, 6) is 1.66. The summed E-state index contributed by atoms with van der Waals surface area (Å²) in [5.41, 5.74) is 3.00. The minimum Gasteiger partial charge on any atom is -0.467 e. The summed E-state index contributed by atoms with van der Waals surface area (Å²) in [7, 11) is 3.18. The van der Waals surface area contributed by atoms with Gasteiger partial charge in [-0.2, -0.15) is 0 Å². The molecule has 0 spiro atoms. The molecule has 2 fully saturated rings. The van der Waals surface area contributed by atoms with Gasteiger partial charge in [0.25, 0.3) is 0 Å². The van der Waals surface area contributed by atoms with Crippen molar-refractivity contribution in [1.82, 2.24) is 0 Å². The van der Waals surface area contributed by atoms with Crippen LogP contribution in [0.5, 0.6) is 11.5 Å². The van der Waals surface area contributed by atoms with E-state index >= 15 is 0 Å². The number of fused-ring (bicyclic) bond motifs is 1. The zero-order valence-corrected chi connectivity index (χ0v) is 20.1. The maximum absolute atomic E-state index is 11.9. The summed E-state index contributed by atoms with van der Waals surface area (Å²) in [4.78, 5) is 0. The summed E-state index contributed by atoms with van der Waals surface area (Å²) < 4.78 is 22.1. The average Bonchev–Trinajstić information content (AvgIpc) is 2.69. The highest BCUT2D eigenvalue weighted by molar-refractivity contribution is 5.50. The lowest BCUT2D eigenvalue weighted by atomic mass is 9.46. The topological polar surface area (TPSA) is 57.2 Å². The fraction of sp³-hybridized carbons (Fsp3) is 0.692. The van der Waals surface area contributed by atoms with Crippen LogP contribution < -0.4 is 9.47 Å². The number of rotatable bonds is 8. The van der Waals surface area contributed by atoms with E-state index in [2.05, 4.69) is 27.4 Å². The van der Waals surface area contributed by atoms with E-state index in [1.54, 1.807) is 14.2 Å². The van der Waals surface area contributed by atoms with E-state index in [1.807, 2.05) is 19.1 Å². The molecular weight excluding hydrogens is 392 g/mol. The molecule has 0 aliphatic heterocycles. The smallest absolute Gasteiger partial charge is 0.188 e. The maximum Gasteiger partial charge on any atom is 0.188 e. The molecule has 1 unspecified atom stereocenters. The van der Waals surface area contributed by atoms with E-state index in [9.17, 15) is 5.11 Å². The SMILES string of the molecule is C=C1CC[C@@H]2C(C)(C)CCC[C@@]2(C)[C@@H]1C(O)c1c(OCOC)cc(C)cc1OCOC. The Morgan fingerprint density at radius 2 is 1.65 bits per heavy atom. The third-order valence-corrected chi connectivity index (χ3v) is 7.70. The second-order valence-electron chi connectivity index (χ2n) is 10.3. The number of hydrogen-bond donors (Lipinski definition) is 1. The molecule has 31 heavy (non-hydrogen) atoms. The van der Waals surface area contributed by atoms with Crippen LogP contribution in [-0.4, -0.2) is 32.9 Å². The fourth-order valence-electron chi connectivity index (χ4n) is 6.47. The van der Waals surface area contributed by atoms with Crippen molar-refractivity contribution in [1.29, 1.82) is 0 Å². The van der Waals surface area contributed by atoms with Gasteiger partial charge >= 0.3 is 0 Å². The van der Waals surface area contributed by atoms with E-state index in [-0.39, 0.29) is 30.3 Å². The van der Waals surface area contributed by atoms with Gasteiger partial charge < -0.3 is 24.1 Å². The van der Waals surface area contributed by atoms with Crippen molar-refractivity contribution >= 4 is 0 Å². The van der Waals surface area contributed by atoms with Crippen molar-refractivity contribution < 1.29 is 24.1 Å². The van der Waals surface area contributed by atoms with E-state index in [4.69, 9.17) is 18.9 Å². The van der Waals surface area contributed by atoms with Gasteiger partial charge in [0.2, 0.25) is 0 Å². The number of methoxy groups -OCH3 is 2. The van der Waals surface area contributed by atoms with Gasteiger partial charge in [-0.3, -0.25) is 0 Å². The standard InChI is InChI=1S/C26H40O5/c1-17-13-19(30-15-28-6)22(20(14-17)31-16-29-7)24(27)23-18(2)9-10-21-25(3,4)11-8-12-26(21,23)5/h13-14,21,23-24,27H,2,8-12,15-16H2,1,3-7H3/t21-,23+,24?,26-/m1/s1. The molecule has 5 nitrogen and oxygen atoms in total. The van der Waals surface area contributed by atoms with Gasteiger partial charge in [-0.05, 0) is 67.1 Å². The van der Waals surface area contributed by atoms with E-state index < -0.39 is 6.10 Å². The van der Waals surface area contributed by atoms with Crippen LogP contribution in [0.25, 0.3) is 0 Å². The van der Waals surface area contributed by atoms with Crippen molar-refractivity contribution in [3.8, 4) is 11.5 Å². The van der Waals surface area contributed by atoms with Crippen LogP contribution >= 0.6 is 0 Å². The summed E-state index contributed by atoms with van der Waals surface area (Å²) >= 11 is 0. The fourth-order valence-corrected chi connectivity index (χ4v) is 6.47. The first-order valence-electron chi connectivity index (χ1n) is 11.4. The van der Waals surface area contributed by atoms with E-state index in [1.165, 1.54) is 12.8 Å². The van der Waals surface area contributed by atoms with Crippen molar-refractivity contribution in [3.05, 3.63) is 35.4 Å². The van der Waals surface area contributed by atoms with E-state index in [0.717, 1.165) is 30.4 Å². The number of aryl methyl sites for hydroxylation is 1. The molecule has 1 aromatic carbocycles. The van der Waals surface area contributed by atoms with Gasteiger partial charge in [-0.1, -0.05) is 39.3 Å². The number of aliphatic hydroxyl groups is 1. The molecular formula is C26H40O5. The molecule has 0 aromatic heterocycles. The normalized spacial score (nSPS) is 28.7. The summed E-state index contributed by atoms with van der Waals surface area (Å²) in [6, 6.07) is 3.88. The molecule has 2 saturated carbocycles. The van der Waals surface area contributed by atoms with Crippen LogP contribution in [-0.2, 0) is 9.47 Å². The molecule has 174 valence electrons. The highest BCUT2D eigenvalue weighted by Gasteiger charge is 2.55.